The van der Waals surface area contributed by atoms with Gasteiger partial charge in [0, 0.05) is 29.2 Å². The molecule has 2 aromatic carbocycles. The Morgan fingerprint density at radius 3 is 2.17 bits per heavy atom. The Hall–Kier alpha value is -3.29. The van der Waals surface area contributed by atoms with Crippen LogP contribution in [0.3, 0.4) is 0 Å². The number of hydrogen-bond acceptors (Lipinski definition) is 4. The van der Waals surface area contributed by atoms with Gasteiger partial charge in [-0.25, -0.2) is 13.6 Å². The quantitative estimate of drug-likeness (QED) is 0.535. The van der Waals surface area contributed by atoms with Gasteiger partial charge in [-0.3, -0.25) is 10.1 Å². The summed E-state index contributed by atoms with van der Waals surface area (Å²) in [6, 6.07) is 17.0. The molecule has 0 bridgehead atoms. The smallest absolute Gasteiger partial charge is 0.238 e. The van der Waals surface area contributed by atoms with Crippen molar-refractivity contribution in [3.05, 3.63) is 78.2 Å². The first-order chi connectivity index (χ1) is 13.9. The molecular weight excluding hydrogens is 384 g/mol. The molecule has 0 atom stereocenters. The maximum Gasteiger partial charge on any atom is 0.238 e. The third kappa shape index (κ3) is 3.57. The summed E-state index contributed by atoms with van der Waals surface area (Å²) in [5.41, 5.74) is 7.26. The number of pyridine rings is 1. The number of nitrogens with two attached hydrogens (primary N) is 1. The lowest BCUT2D eigenvalue weighted by atomic mass is 9.95. The maximum atomic E-state index is 11.8. The van der Waals surface area contributed by atoms with Crippen molar-refractivity contribution in [1.82, 2.24) is 15.2 Å². The van der Waals surface area contributed by atoms with Crippen molar-refractivity contribution in [3.63, 3.8) is 0 Å². The molecule has 0 aliphatic rings. The van der Waals surface area contributed by atoms with Gasteiger partial charge in [-0.1, -0.05) is 36.4 Å². The van der Waals surface area contributed by atoms with E-state index in [-0.39, 0.29) is 4.90 Å². The zero-order valence-electron chi connectivity index (χ0n) is 16.0. The molecule has 0 radical (unpaired) electrons. The molecule has 0 fully saturated rings. The number of sulfonamides is 1. The molecule has 4 aromatic rings. The van der Waals surface area contributed by atoms with Crippen LogP contribution in [0.2, 0.25) is 0 Å². The van der Waals surface area contributed by atoms with Crippen LogP contribution in [-0.4, -0.2) is 23.6 Å². The summed E-state index contributed by atoms with van der Waals surface area (Å²) >= 11 is 0. The molecular formula is C22H20N4O2S. The van der Waals surface area contributed by atoms with Crippen molar-refractivity contribution in [2.45, 2.75) is 18.7 Å². The van der Waals surface area contributed by atoms with E-state index in [0.717, 1.165) is 39.2 Å². The van der Waals surface area contributed by atoms with Gasteiger partial charge in [0.1, 0.15) is 5.69 Å². The van der Waals surface area contributed by atoms with Crippen molar-refractivity contribution in [3.8, 4) is 33.5 Å². The number of hydrogen-bond donors (Lipinski definition) is 2. The highest BCUT2D eigenvalue weighted by atomic mass is 32.2. The predicted molar refractivity (Wildman–Crippen MR) is 114 cm³/mol. The van der Waals surface area contributed by atoms with E-state index in [1.165, 1.54) is 6.07 Å². The number of primary sulfonamides is 1. The van der Waals surface area contributed by atoms with E-state index >= 15 is 0 Å². The van der Waals surface area contributed by atoms with Crippen molar-refractivity contribution < 1.29 is 8.42 Å². The Bertz CT molecular complexity index is 1280. The summed E-state index contributed by atoms with van der Waals surface area (Å²) in [5, 5.41) is 12.9. The fourth-order valence-corrected chi connectivity index (χ4v) is 4.36. The average molecular weight is 404 g/mol. The van der Waals surface area contributed by atoms with Gasteiger partial charge in [-0.2, -0.15) is 5.10 Å². The van der Waals surface area contributed by atoms with E-state index < -0.39 is 10.0 Å². The first kappa shape index (κ1) is 19.0. The molecule has 2 aromatic heterocycles. The lowest BCUT2D eigenvalue weighted by Gasteiger charge is -2.11. The summed E-state index contributed by atoms with van der Waals surface area (Å²) in [7, 11) is -3.77. The topological polar surface area (TPSA) is 102 Å². The number of aryl methyl sites for hydroxylation is 1. The van der Waals surface area contributed by atoms with Crippen molar-refractivity contribution in [1.29, 1.82) is 0 Å². The second-order valence-electron chi connectivity index (χ2n) is 6.86. The molecule has 0 aliphatic carbocycles. The fraction of sp³-hybridized carbons (Fsp3) is 0.0909. The second kappa shape index (κ2) is 7.27. The van der Waals surface area contributed by atoms with Crippen LogP contribution in [0.1, 0.15) is 11.3 Å². The Labute approximate surface area is 169 Å². The van der Waals surface area contributed by atoms with E-state index in [2.05, 4.69) is 15.2 Å². The molecule has 6 nitrogen and oxygen atoms in total. The molecule has 0 spiro atoms. The molecule has 0 unspecified atom stereocenters. The minimum Gasteiger partial charge on any atom is -0.282 e. The normalized spacial score (nSPS) is 11.6. The van der Waals surface area contributed by atoms with E-state index in [1.54, 1.807) is 25.4 Å². The molecule has 29 heavy (non-hydrogen) atoms. The van der Waals surface area contributed by atoms with Gasteiger partial charge in [0.05, 0.1) is 4.90 Å². The zero-order chi connectivity index (χ0) is 20.6. The molecule has 3 N–H and O–H groups in total. The van der Waals surface area contributed by atoms with E-state index in [0.29, 0.717) is 5.56 Å². The van der Waals surface area contributed by atoms with Gasteiger partial charge in [0.2, 0.25) is 10.0 Å². The van der Waals surface area contributed by atoms with E-state index in [4.69, 9.17) is 5.14 Å². The highest BCUT2D eigenvalue weighted by Gasteiger charge is 2.16. The van der Waals surface area contributed by atoms with Gasteiger partial charge < -0.3 is 0 Å². The predicted octanol–water partition coefficient (Wildman–Crippen LogP) is 4.07. The van der Waals surface area contributed by atoms with Crippen LogP contribution in [0.4, 0.5) is 0 Å². The lowest BCUT2D eigenvalue weighted by Crippen LogP contribution is -2.13. The number of H-pyrrole nitrogens is 1. The van der Waals surface area contributed by atoms with Gasteiger partial charge in [-0.05, 0) is 54.3 Å². The molecule has 4 rings (SSSR count). The zero-order valence-corrected chi connectivity index (χ0v) is 16.9. The summed E-state index contributed by atoms with van der Waals surface area (Å²) in [6.07, 6.45) is 3.49. The van der Waals surface area contributed by atoms with Gasteiger partial charge >= 0.3 is 0 Å². The van der Waals surface area contributed by atoms with Crippen LogP contribution in [0.5, 0.6) is 0 Å². The molecule has 0 amide bonds. The molecule has 0 saturated carbocycles. The van der Waals surface area contributed by atoms with Crippen LogP contribution >= 0.6 is 0 Å². The molecule has 146 valence electrons. The number of aromatic amines is 1. The first-order valence-corrected chi connectivity index (χ1v) is 10.6. The van der Waals surface area contributed by atoms with Crippen LogP contribution < -0.4 is 5.14 Å². The summed E-state index contributed by atoms with van der Waals surface area (Å²) in [4.78, 5) is 4.21. The number of rotatable bonds is 4. The highest BCUT2D eigenvalue weighted by molar-refractivity contribution is 7.89. The van der Waals surface area contributed by atoms with Crippen molar-refractivity contribution in [2.75, 3.05) is 0 Å². The summed E-state index contributed by atoms with van der Waals surface area (Å²) in [5.74, 6) is 0. The Morgan fingerprint density at radius 2 is 1.52 bits per heavy atom. The van der Waals surface area contributed by atoms with Crippen LogP contribution in [-0.2, 0) is 10.0 Å². The van der Waals surface area contributed by atoms with E-state index in [1.807, 2.05) is 49.4 Å². The second-order valence-corrected chi connectivity index (χ2v) is 8.39. The van der Waals surface area contributed by atoms with Crippen LogP contribution in [0.15, 0.2) is 71.9 Å². The standard InChI is InChI=1S/C22H20N4O2S/c1-14-19(4-3-5-20(14)29(23,27)28)16-6-8-17(9-7-16)21-15(2)25-26-22(21)18-10-12-24-13-11-18/h3-13H,1-2H3,(H,25,26)(H2,23,27,28). The number of nitrogens with one attached hydrogen (secondary N) is 1. The minimum absolute atomic E-state index is 0.143. The van der Waals surface area contributed by atoms with Gasteiger partial charge in [0.15, 0.2) is 0 Å². The number of aromatic nitrogens is 3. The average Bonchev–Trinajstić information content (AvgIpc) is 3.09. The highest BCUT2D eigenvalue weighted by Crippen LogP contribution is 2.35. The van der Waals surface area contributed by atoms with Crippen molar-refractivity contribution in [2.24, 2.45) is 5.14 Å². The number of benzene rings is 2. The van der Waals surface area contributed by atoms with Gasteiger partial charge in [0.25, 0.3) is 0 Å². The third-order valence-electron chi connectivity index (χ3n) is 4.98. The van der Waals surface area contributed by atoms with Crippen LogP contribution in [0, 0.1) is 13.8 Å². The number of nitrogens with zero attached hydrogens (tertiary/aromatic N) is 2. The van der Waals surface area contributed by atoms with Gasteiger partial charge in [-0.15, -0.1) is 0 Å². The molecule has 2 heterocycles. The fourth-order valence-electron chi connectivity index (χ4n) is 3.55. The Kier molecular flexibility index (Phi) is 4.77. The Morgan fingerprint density at radius 1 is 0.862 bits per heavy atom. The maximum absolute atomic E-state index is 11.8. The first-order valence-electron chi connectivity index (χ1n) is 9.05. The third-order valence-corrected chi connectivity index (χ3v) is 6.03. The Balaban J connectivity index is 1.77. The summed E-state index contributed by atoms with van der Waals surface area (Å²) < 4.78 is 23.6. The van der Waals surface area contributed by atoms with Crippen LogP contribution in [0.25, 0.3) is 33.5 Å². The lowest BCUT2D eigenvalue weighted by molar-refractivity contribution is 0.597. The van der Waals surface area contributed by atoms with Crippen molar-refractivity contribution >= 4 is 10.0 Å². The van der Waals surface area contributed by atoms with E-state index in [9.17, 15) is 8.42 Å². The molecule has 0 saturated heterocycles. The SMILES string of the molecule is Cc1[nH]nc(-c2ccncc2)c1-c1ccc(-c2cccc(S(N)(=O)=O)c2C)cc1. The monoisotopic (exact) mass is 404 g/mol. The molecule has 7 heteroatoms. The minimum atomic E-state index is -3.77. The largest absolute Gasteiger partial charge is 0.282 e. The summed E-state index contributed by atoms with van der Waals surface area (Å²) in [6.45, 7) is 3.76. The molecule has 0 aliphatic heterocycles.